The van der Waals surface area contributed by atoms with Gasteiger partial charge in [-0.3, -0.25) is 4.79 Å². The average Bonchev–Trinajstić information content (AvgIpc) is 2.29. The third kappa shape index (κ3) is 4.53. The van der Waals surface area contributed by atoms with E-state index < -0.39 is 17.4 Å². The van der Waals surface area contributed by atoms with Crippen LogP contribution in [0.5, 0.6) is 0 Å². The SMILES string of the molecule is CCCC(C)COCC(=O)c1ccc(F)cc1F. The summed E-state index contributed by atoms with van der Waals surface area (Å²) in [7, 11) is 0. The first kappa shape index (κ1) is 14.8. The Kier molecular flexibility index (Phi) is 5.92. The van der Waals surface area contributed by atoms with Crippen LogP contribution < -0.4 is 0 Å². The minimum Gasteiger partial charge on any atom is -0.373 e. The van der Waals surface area contributed by atoms with E-state index in [0.717, 1.165) is 25.0 Å². The van der Waals surface area contributed by atoms with Gasteiger partial charge in [0.2, 0.25) is 0 Å². The summed E-state index contributed by atoms with van der Waals surface area (Å²) in [6.07, 6.45) is 2.09. The molecule has 1 aromatic rings. The molecule has 0 radical (unpaired) electrons. The van der Waals surface area contributed by atoms with Crippen LogP contribution >= 0.6 is 0 Å². The van der Waals surface area contributed by atoms with Crippen molar-refractivity contribution in [2.24, 2.45) is 5.92 Å². The van der Waals surface area contributed by atoms with Gasteiger partial charge in [-0.15, -0.1) is 0 Å². The zero-order chi connectivity index (χ0) is 13.5. The second-order valence-electron chi connectivity index (χ2n) is 4.46. The molecule has 2 nitrogen and oxygen atoms in total. The van der Waals surface area contributed by atoms with E-state index in [1.807, 2.05) is 6.92 Å². The summed E-state index contributed by atoms with van der Waals surface area (Å²) < 4.78 is 31.2. The molecule has 1 atom stereocenters. The fourth-order valence-corrected chi connectivity index (χ4v) is 1.72. The van der Waals surface area contributed by atoms with Gasteiger partial charge < -0.3 is 4.74 Å². The van der Waals surface area contributed by atoms with E-state index in [1.165, 1.54) is 0 Å². The predicted octanol–water partition coefficient (Wildman–Crippen LogP) is 3.60. The van der Waals surface area contributed by atoms with E-state index in [4.69, 9.17) is 4.74 Å². The lowest BCUT2D eigenvalue weighted by atomic mass is 10.1. The van der Waals surface area contributed by atoms with Crippen molar-refractivity contribution in [3.63, 3.8) is 0 Å². The molecule has 0 aliphatic rings. The summed E-state index contributed by atoms with van der Waals surface area (Å²) in [4.78, 5) is 11.6. The molecular weight excluding hydrogens is 238 g/mol. The summed E-state index contributed by atoms with van der Waals surface area (Å²) in [6, 6.07) is 2.91. The third-order valence-electron chi connectivity index (χ3n) is 2.65. The highest BCUT2D eigenvalue weighted by Gasteiger charge is 2.13. The van der Waals surface area contributed by atoms with Crippen LogP contribution in [0, 0.1) is 17.6 Å². The number of hydrogen-bond acceptors (Lipinski definition) is 2. The van der Waals surface area contributed by atoms with Gasteiger partial charge in [0.05, 0.1) is 5.56 Å². The predicted molar refractivity (Wildman–Crippen MR) is 65.6 cm³/mol. The lowest BCUT2D eigenvalue weighted by Crippen LogP contribution is -2.14. The second kappa shape index (κ2) is 7.21. The van der Waals surface area contributed by atoms with Crippen LogP contribution in [-0.4, -0.2) is 19.0 Å². The van der Waals surface area contributed by atoms with Gasteiger partial charge in [0.25, 0.3) is 0 Å². The molecule has 1 aromatic carbocycles. The highest BCUT2D eigenvalue weighted by Crippen LogP contribution is 2.11. The quantitative estimate of drug-likeness (QED) is 0.697. The lowest BCUT2D eigenvalue weighted by Gasteiger charge is -2.10. The Morgan fingerprint density at radius 1 is 1.39 bits per heavy atom. The van der Waals surface area contributed by atoms with E-state index in [1.54, 1.807) is 0 Å². The zero-order valence-electron chi connectivity index (χ0n) is 10.7. The standard InChI is InChI=1S/C14H18F2O2/c1-3-4-10(2)8-18-9-14(17)12-6-5-11(15)7-13(12)16/h5-7,10H,3-4,8-9H2,1-2H3. The van der Waals surface area contributed by atoms with Crippen molar-refractivity contribution >= 4 is 5.78 Å². The number of Topliss-reactive ketones (excluding diaryl/α,β-unsaturated/α-hetero) is 1. The maximum Gasteiger partial charge on any atom is 0.191 e. The molecule has 1 unspecified atom stereocenters. The van der Waals surface area contributed by atoms with E-state index in [-0.39, 0.29) is 12.2 Å². The van der Waals surface area contributed by atoms with Crippen molar-refractivity contribution in [2.45, 2.75) is 26.7 Å². The number of hydrogen-bond donors (Lipinski definition) is 0. The number of benzene rings is 1. The van der Waals surface area contributed by atoms with Crippen LogP contribution in [0.3, 0.4) is 0 Å². The molecule has 0 aliphatic carbocycles. The van der Waals surface area contributed by atoms with E-state index >= 15 is 0 Å². The van der Waals surface area contributed by atoms with Crippen LogP contribution in [0.2, 0.25) is 0 Å². The Bertz CT molecular complexity index is 405. The maximum atomic E-state index is 13.3. The van der Waals surface area contributed by atoms with Gasteiger partial charge in [-0.1, -0.05) is 20.3 Å². The number of ketones is 1. The molecule has 18 heavy (non-hydrogen) atoms. The number of carbonyl (C=O) groups excluding carboxylic acids is 1. The minimum atomic E-state index is -0.842. The molecule has 0 fully saturated rings. The first-order chi connectivity index (χ1) is 8.54. The highest BCUT2D eigenvalue weighted by molar-refractivity contribution is 5.97. The minimum absolute atomic E-state index is 0.125. The van der Waals surface area contributed by atoms with Crippen LogP contribution in [0.4, 0.5) is 8.78 Å². The van der Waals surface area contributed by atoms with Gasteiger partial charge in [0.15, 0.2) is 5.78 Å². The molecule has 0 saturated heterocycles. The summed E-state index contributed by atoms with van der Waals surface area (Å²) in [5.74, 6) is -1.62. The zero-order valence-corrected chi connectivity index (χ0v) is 10.7. The molecule has 0 aromatic heterocycles. The monoisotopic (exact) mass is 256 g/mol. The molecular formula is C14H18F2O2. The highest BCUT2D eigenvalue weighted by atomic mass is 19.1. The average molecular weight is 256 g/mol. The smallest absolute Gasteiger partial charge is 0.191 e. The van der Waals surface area contributed by atoms with Crippen molar-refractivity contribution in [1.29, 1.82) is 0 Å². The van der Waals surface area contributed by atoms with Crippen molar-refractivity contribution in [3.8, 4) is 0 Å². The van der Waals surface area contributed by atoms with Crippen LogP contribution in [0.15, 0.2) is 18.2 Å². The van der Waals surface area contributed by atoms with E-state index in [9.17, 15) is 13.6 Å². The van der Waals surface area contributed by atoms with Crippen molar-refractivity contribution in [3.05, 3.63) is 35.4 Å². The Morgan fingerprint density at radius 3 is 2.72 bits per heavy atom. The topological polar surface area (TPSA) is 26.3 Å². The molecule has 4 heteroatoms. The molecule has 0 aliphatic heterocycles. The second-order valence-corrected chi connectivity index (χ2v) is 4.46. The van der Waals surface area contributed by atoms with Crippen molar-refractivity contribution < 1.29 is 18.3 Å². The summed E-state index contributed by atoms with van der Waals surface area (Å²) in [5, 5.41) is 0. The molecule has 0 N–H and O–H groups in total. The molecule has 0 heterocycles. The molecule has 0 saturated carbocycles. The number of rotatable bonds is 7. The normalized spacial score (nSPS) is 12.4. The van der Waals surface area contributed by atoms with Gasteiger partial charge in [-0.05, 0) is 24.5 Å². The number of halogens is 2. The van der Waals surface area contributed by atoms with Crippen molar-refractivity contribution in [1.82, 2.24) is 0 Å². The molecule has 0 amide bonds. The third-order valence-corrected chi connectivity index (χ3v) is 2.65. The lowest BCUT2D eigenvalue weighted by molar-refractivity contribution is 0.0679. The Hall–Kier alpha value is -1.29. The largest absolute Gasteiger partial charge is 0.373 e. The summed E-state index contributed by atoms with van der Waals surface area (Å²) in [5.41, 5.74) is -0.125. The first-order valence-corrected chi connectivity index (χ1v) is 6.10. The van der Waals surface area contributed by atoms with Gasteiger partial charge in [0, 0.05) is 12.7 Å². The van der Waals surface area contributed by atoms with E-state index in [0.29, 0.717) is 18.6 Å². The van der Waals surface area contributed by atoms with E-state index in [2.05, 4.69) is 6.92 Å². The van der Waals surface area contributed by atoms with Crippen LogP contribution in [0.1, 0.15) is 37.0 Å². The first-order valence-electron chi connectivity index (χ1n) is 6.10. The fourth-order valence-electron chi connectivity index (χ4n) is 1.72. The molecule has 1 rings (SSSR count). The van der Waals surface area contributed by atoms with Gasteiger partial charge in [-0.2, -0.15) is 0 Å². The Labute approximate surface area is 106 Å². The van der Waals surface area contributed by atoms with Gasteiger partial charge in [0.1, 0.15) is 18.2 Å². The molecule has 100 valence electrons. The number of carbonyl (C=O) groups is 1. The van der Waals surface area contributed by atoms with Crippen LogP contribution in [-0.2, 0) is 4.74 Å². The number of ether oxygens (including phenoxy) is 1. The maximum absolute atomic E-state index is 13.3. The molecule has 0 spiro atoms. The summed E-state index contributed by atoms with van der Waals surface area (Å²) in [6.45, 7) is 4.42. The molecule has 0 bridgehead atoms. The van der Waals surface area contributed by atoms with Crippen LogP contribution in [0.25, 0.3) is 0 Å². The van der Waals surface area contributed by atoms with Crippen molar-refractivity contribution in [2.75, 3.05) is 13.2 Å². The summed E-state index contributed by atoms with van der Waals surface area (Å²) >= 11 is 0. The fraction of sp³-hybridized carbons (Fsp3) is 0.500. The van der Waals surface area contributed by atoms with Gasteiger partial charge in [-0.25, -0.2) is 8.78 Å². The Morgan fingerprint density at radius 2 is 2.11 bits per heavy atom. The Balaban J connectivity index is 2.45. The van der Waals surface area contributed by atoms with Gasteiger partial charge >= 0.3 is 0 Å².